The molecule has 0 aliphatic carbocycles. The van der Waals surface area contributed by atoms with Crippen LogP contribution in [0.15, 0.2) is 84.9 Å². The van der Waals surface area contributed by atoms with Crippen LogP contribution in [0.1, 0.15) is 37.0 Å². The summed E-state index contributed by atoms with van der Waals surface area (Å²) in [5, 5.41) is 0. The van der Waals surface area contributed by atoms with Crippen LogP contribution in [-0.4, -0.2) is 31.6 Å². The van der Waals surface area contributed by atoms with Gasteiger partial charge in [-0.05, 0) is 61.3 Å². The van der Waals surface area contributed by atoms with Gasteiger partial charge in [-0.15, -0.1) is 0 Å². The maximum absolute atomic E-state index is 6.65. The first-order valence-electron chi connectivity index (χ1n) is 10.9. The molecular formula is C28H33NO. The van der Waals surface area contributed by atoms with Crippen molar-refractivity contribution in [3.05, 3.63) is 102 Å². The molecule has 0 radical (unpaired) electrons. The summed E-state index contributed by atoms with van der Waals surface area (Å²) in [5.41, 5.74) is 6.55. The minimum Gasteiger partial charge on any atom is -0.484 e. The molecule has 0 fully saturated rings. The van der Waals surface area contributed by atoms with Gasteiger partial charge in [-0.3, -0.25) is 0 Å². The van der Waals surface area contributed by atoms with Gasteiger partial charge in [0.15, 0.2) is 0 Å². The molecule has 0 spiro atoms. The van der Waals surface area contributed by atoms with Crippen LogP contribution in [0.4, 0.5) is 0 Å². The van der Waals surface area contributed by atoms with Crippen LogP contribution < -0.4 is 4.74 Å². The minimum atomic E-state index is -0.0785. The summed E-state index contributed by atoms with van der Waals surface area (Å²) in [7, 11) is 4.22. The van der Waals surface area contributed by atoms with Gasteiger partial charge in [0.05, 0.1) is 0 Å². The zero-order chi connectivity index (χ0) is 21.3. The third-order valence-electron chi connectivity index (χ3n) is 5.36. The Kier molecular flexibility index (Phi) is 7.87. The van der Waals surface area contributed by atoms with Gasteiger partial charge in [0.1, 0.15) is 11.9 Å². The van der Waals surface area contributed by atoms with Crippen LogP contribution in [0, 0.1) is 0 Å². The van der Waals surface area contributed by atoms with E-state index in [0.717, 1.165) is 25.1 Å². The van der Waals surface area contributed by atoms with Crippen molar-refractivity contribution in [1.29, 1.82) is 0 Å². The molecule has 2 nitrogen and oxygen atoms in total. The molecular weight excluding hydrogens is 366 g/mol. The van der Waals surface area contributed by atoms with Gasteiger partial charge >= 0.3 is 0 Å². The van der Waals surface area contributed by atoms with E-state index in [4.69, 9.17) is 4.74 Å². The Bertz CT molecular complexity index is 945. The predicted molar refractivity (Wildman–Crippen MR) is 129 cm³/mol. The Balaban J connectivity index is 2.23. The van der Waals surface area contributed by atoms with Gasteiger partial charge in [-0.2, -0.15) is 0 Å². The molecule has 0 heterocycles. The van der Waals surface area contributed by atoms with E-state index < -0.39 is 0 Å². The molecule has 3 aromatic carbocycles. The Morgan fingerprint density at radius 1 is 0.800 bits per heavy atom. The number of para-hydroxylation sites is 1. The van der Waals surface area contributed by atoms with Crippen molar-refractivity contribution in [2.75, 3.05) is 20.6 Å². The number of nitrogens with zero attached hydrogens (tertiary/aromatic N) is 1. The van der Waals surface area contributed by atoms with Crippen LogP contribution in [0.5, 0.6) is 5.75 Å². The first-order chi connectivity index (χ1) is 14.6. The van der Waals surface area contributed by atoms with Crippen molar-refractivity contribution in [2.45, 2.75) is 32.8 Å². The maximum Gasteiger partial charge on any atom is 0.137 e. The summed E-state index contributed by atoms with van der Waals surface area (Å²) < 4.78 is 6.65. The van der Waals surface area contributed by atoms with Crippen molar-refractivity contribution in [3.63, 3.8) is 0 Å². The predicted octanol–water partition coefficient (Wildman–Crippen LogP) is 6.58. The monoisotopic (exact) mass is 399 g/mol. The van der Waals surface area contributed by atoms with Gasteiger partial charge in [-0.25, -0.2) is 0 Å². The summed E-state index contributed by atoms with van der Waals surface area (Å²) in [6.45, 7) is 5.27. The van der Waals surface area contributed by atoms with Gasteiger partial charge in [0.25, 0.3) is 0 Å². The maximum atomic E-state index is 6.65. The molecule has 3 aromatic rings. The second-order valence-corrected chi connectivity index (χ2v) is 7.80. The highest BCUT2D eigenvalue weighted by atomic mass is 16.5. The van der Waals surface area contributed by atoms with Gasteiger partial charge in [-0.1, -0.05) is 86.6 Å². The number of ether oxygens (including phenoxy) is 1. The number of rotatable bonds is 9. The molecule has 2 heteroatoms. The number of benzene rings is 3. The molecule has 0 bridgehead atoms. The van der Waals surface area contributed by atoms with Crippen molar-refractivity contribution in [2.24, 2.45) is 0 Å². The van der Waals surface area contributed by atoms with Crippen molar-refractivity contribution in [3.8, 4) is 5.75 Å². The highest BCUT2D eigenvalue weighted by Crippen LogP contribution is 2.35. The lowest BCUT2D eigenvalue weighted by Crippen LogP contribution is -2.32. The van der Waals surface area contributed by atoms with Crippen LogP contribution in [0.3, 0.4) is 0 Å². The SMILES string of the molecule is CCC(=C(c1ccccc1CC)C(CN(C)C)Oc1ccccc1)c1ccccc1. The number of aryl methyl sites for hydroxylation is 1. The summed E-state index contributed by atoms with van der Waals surface area (Å²) in [6.07, 6.45) is 1.86. The molecule has 0 N–H and O–H groups in total. The molecule has 0 aliphatic heterocycles. The highest BCUT2D eigenvalue weighted by molar-refractivity contribution is 5.93. The van der Waals surface area contributed by atoms with Crippen molar-refractivity contribution in [1.82, 2.24) is 4.90 Å². The van der Waals surface area contributed by atoms with Gasteiger partial charge in [0, 0.05) is 12.1 Å². The van der Waals surface area contributed by atoms with Gasteiger partial charge < -0.3 is 9.64 Å². The molecule has 0 amide bonds. The average molecular weight is 400 g/mol. The van der Waals surface area contributed by atoms with Crippen LogP contribution in [0.25, 0.3) is 11.1 Å². The lowest BCUT2D eigenvalue weighted by atomic mass is 9.86. The molecule has 0 aliphatic rings. The summed E-state index contributed by atoms with van der Waals surface area (Å²) >= 11 is 0. The fraction of sp³-hybridized carbons (Fsp3) is 0.286. The molecule has 0 saturated carbocycles. The fourth-order valence-corrected chi connectivity index (χ4v) is 3.99. The van der Waals surface area contributed by atoms with Crippen LogP contribution >= 0.6 is 0 Å². The Hall–Kier alpha value is -2.84. The van der Waals surface area contributed by atoms with E-state index >= 15 is 0 Å². The number of allylic oxidation sites excluding steroid dienone is 1. The summed E-state index contributed by atoms with van der Waals surface area (Å²) in [4.78, 5) is 2.21. The topological polar surface area (TPSA) is 12.5 Å². The van der Waals surface area contributed by atoms with Crippen LogP contribution in [0.2, 0.25) is 0 Å². The van der Waals surface area contributed by atoms with Crippen LogP contribution in [-0.2, 0) is 6.42 Å². The van der Waals surface area contributed by atoms with Crippen molar-refractivity contribution < 1.29 is 4.74 Å². The van der Waals surface area contributed by atoms with E-state index in [-0.39, 0.29) is 6.10 Å². The summed E-state index contributed by atoms with van der Waals surface area (Å²) in [5.74, 6) is 0.902. The number of hydrogen-bond donors (Lipinski definition) is 0. The second-order valence-electron chi connectivity index (χ2n) is 7.80. The smallest absolute Gasteiger partial charge is 0.137 e. The lowest BCUT2D eigenvalue weighted by molar-refractivity contribution is 0.208. The molecule has 1 unspecified atom stereocenters. The Morgan fingerprint density at radius 3 is 2.00 bits per heavy atom. The van der Waals surface area contributed by atoms with E-state index in [2.05, 4.69) is 87.4 Å². The normalized spacial score (nSPS) is 13.1. The second kappa shape index (κ2) is 10.8. The zero-order valence-corrected chi connectivity index (χ0v) is 18.6. The molecule has 30 heavy (non-hydrogen) atoms. The molecule has 0 saturated heterocycles. The van der Waals surface area contributed by atoms with E-state index in [1.54, 1.807) is 0 Å². The largest absolute Gasteiger partial charge is 0.484 e. The van der Waals surface area contributed by atoms with E-state index in [9.17, 15) is 0 Å². The first kappa shape index (κ1) is 21.9. The zero-order valence-electron chi connectivity index (χ0n) is 18.6. The number of hydrogen-bond acceptors (Lipinski definition) is 2. The molecule has 0 aromatic heterocycles. The minimum absolute atomic E-state index is 0.0785. The fourth-order valence-electron chi connectivity index (χ4n) is 3.99. The third-order valence-corrected chi connectivity index (χ3v) is 5.36. The average Bonchev–Trinajstić information content (AvgIpc) is 2.78. The third kappa shape index (κ3) is 5.40. The summed E-state index contributed by atoms with van der Waals surface area (Å²) in [6, 6.07) is 29.7. The van der Waals surface area contributed by atoms with E-state index in [0.29, 0.717) is 0 Å². The van der Waals surface area contributed by atoms with Gasteiger partial charge in [0.2, 0.25) is 0 Å². The lowest BCUT2D eigenvalue weighted by Gasteiger charge is -2.29. The Morgan fingerprint density at radius 2 is 1.40 bits per heavy atom. The Labute approximate surface area is 181 Å². The standard InChI is InChI=1S/C28H33NO/c1-5-22-15-13-14-20-26(22)28(25(6-2)23-16-9-7-10-17-23)27(21-29(3)4)30-24-18-11-8-12-19-24/h7-20,27H,5-6,21H2,1-4H3. The number of likely N-dealkylation sites (N-methyl/N-ethyl adjacent to an activating group) is 1. The van der Waals surface area contributed by atoms with Crippen molar-refractivity contribution >= 4 is 11.1 Å². The molecule has 1 atom stereocenters. The first-order valence-corrected chi connectivity index (χ1v) is 10.9. The highest BCUT2D eigenvalue weighted by Gasteiger charge is 2.24. The van der Waals surface area contributed by atoms with E-state index in [1.807, 2.05) is 30.3 Å². The molecule has 3 rings (SSSR count). The van der Waals surface area contributed by atoms with E-state index in [1.165, 1.54) is 27.8 Å². The quantitative estimate of drug-likeness (QED) is 0.377. The molecule has 156 valence electrons.